The van der Waals surface area contributed by atoms with Gasteiger partial charge in [-0.2, -0.15) is 0 Å². The van der Waals surface area contributed by atoms with E-state index in [1.54, 1.807) is 20.3 Å². The third kappa shape index (κ3) is 4.11. The molecule has 148 valence electrons. The Morgan fingerprint density at radius 2 is 1.68 bits per heavy atom. The quantitative estimate of drug-likeness (QED) is 0.688. The molecule has 0 saturated heterocycles. The Bertz CT molecular complexity index is 847. The molecule has 2 N–H and O–H groups in total. The number of amides is 2. The fourth-order valence-corrected chi connectivity index (χ4v) is 3.18. The van der Waals surface area contributed by atoms with Gasteiger partial charge in [-0.15, -0.1) is 0 Å². The van der Waals surface area contributed by atoms with Crippen LogP contribution >= 0.6 is 0 Å². The van der Waals surface area contributed by atoms with Gasteiger partial charge in [0.2, 0.25) is 11.8 Å². The Kier molecular flexibility index (Phi) is 5.87. The lowest BCUT2D eigenvalue weighted by Gasteiger charge is -2.20. The Labute approximate surface area is 165 Å². The molecule has 28 heavy (non-hydrogen) atoms. The number of carbonyl (C=O) groups excluding carboxylic acids is 2. The minimum atomic E-state index is -0.959. The lowest BCUT2D eigenvalue weighted by molar-refractivity contribution is -0.137. The van der Waals surface area contributed by atoms with Crippen LogP contribution in [0.1, 0.15) is 36.9 Å². The van der Waals surface area contributed by atoms with E-state index in [9.17, 15) is 9.59 Å². The molecule has 3 rings (SSSR count). The lowest BCUT2D eigenvalue weighted by Crippen LogP contribution is -2.43. The topological polar surface area (TPSA) is 76.7 Å². The van der Waals surface area contributed by atoms with Crippen LogP contribution in [0.5, 0.6) is 11.5 Å². The first kappa shape index (κ1) is 19.7. The number of hydrogen-bond acceptors (Lipinski definition) is 4. The first-order chi connectivity index (χ1) is 13.5. The van der Waals surface area contributed by atoms with Crippen molar-refractivity contribution in [3.05, 3.63) is 59.7 Å². The first-order valence-corrected chi connectivity index (χ1v) is 9.35. The molecule has 0 aromatic heterocycles. The molecule has 2 aromatic rings. The van der Waals surface area contributed by atoms with Gasteiger partial charge in [-0.25, -0.2) is 0 Å². The fraction of sp³-hybridized carbons (Fsp3) is 0.364. The van der Waals surface area contributed by atoms with Crippen LogP contribution < -0.4 is 20.1 Å². The highest BCUT2D eigenvalue weighted by Gasteiger charge is 2.56. The molecule has 1 atom stereocenters. The van der Waals surface area contributed by atoms with E-state index < -0.39 is 5.41 Å². The van der Waals surface area contributed by atoms with Gasteiger partial charge in [-0.1, -0.05) is 36.4 Å². The Morgan fingerprint density at radius 3 is 2.29 bits per heavy atom. The predicted octanol–water partition coefficient (Wildman–Crippen LogP) is 2.98. The average molecular weight is 382 g/mol. The summed E-state index contributed by atoms with van der Waals surface area (Å²) in [5, 5.41) is 5.86. The molecule has 1 unspecified atom stereocenters. The molecule has 6 nitrogen and oxygen atoms in total. The van der Waals surface area contributed by atoms with Gasteiger partial charge in [0, 0.05) is 6.54 Å². The summed E-state index contributed by atoms with van der Waals surface area (Å²) < 4.78 is 10.5. The van der Waals surface area contributed by atoms with E-state index in [0.717, 1.165) is 11.1 Å². The number of methoxy groups -OCH3 is 2. The standard InChI is InChI=1S/C22H26N2O4/c1-15(17-7-5-4-6-8-17)24-21(26)22(11-12-22)20(25)23-14-16-9-10-18(27-2)19(13-16)28-3/h4-10,13,15H,11-12,14H2,1-3H3,(H,23,25)(H,24,26). The molecule has 0 aliphatic heterocycles. The number of ether oxygens (including phenoxy) is 2. The van der Waals surface area contributed by atoms with Gasteiger partial charge in [-0.05, 0) is 43.0 Å². The van der Waals surface area contributed by atoms with Crippen LogP contribution in [0.3, 0.4) is 0 Å². The molecule has 0 heterocycles. The average Bonchev–Trinajstić information content (AvgIpc) is 3.54. The molecule has 0 spiro atoms. The SMILES string of the molecule is COc1ccc(CNC(=O)C2(C(=O)NC(C)c3ccccc3)CC2)cc1OC. The minimum absolute atomic E-state index is 0.148. The molecular formula is C22H26N2O4. The third-order valence-electron chi connectivity index (χ3n) is 5.17. The normalized spacial score (nSPS) is 15.2. The van der Waals surface area contributed by atoms with Gasteiger partial charge in [-0.3, -0.25) is 9.59 Å². The van der Waals surface area contributed by atoms with Crippen molar-refractivity contribution >= 4 is 11.8 Å². The predicted molar refractivity (Wildman–Crippen MR) is 106 cm³/mol. The maximum atomic E-state index is 12.7. The van der Waals surface area contributed by atoms with E-state index in [1.165, 1.54) is 0 Å². The molecule has 0 radical (unpaired) electrons. The molecular weight excluding hydrogens is 356 g/mol. The van der Waals surface area contributed by atoms with Crippen molar-refractivity contribution in [2.24, 2.45) is 5.41 Å². The van der Waals surface area contributed by atoms with E-state index in [-0.39, 0.29) is 17.9 Å². The zero-order valence-corrected chi connectivity index (χ0v) is 16.5. The highest BCUT2D eigenvalue weighted by molar-refractivity contribution is 6.07. The van der Waals surface area contributed by atoms with Gasteiger partial charge >= 0.3 is 0 Å². The van der Waals surface area contributed by atoms with Crippen molar-refractivity contribution in [3.63, 3.8) is 0 Å². The maximum absolute atomic E-state index is 12.7. The number of rotatable bonds is 8. The van der Waals surface area contributed by atoms with Crippen molar-refractivity contribution in [2.75, 3.05) is 14.2 Å². The second-order valence-electron chi connectivity index (χ2n) is 7.06. The molecule has 6 heteroatoms. The van der Waals surface area contributed by atoms with Gasteiger partial charge in [0.25, 0.3) is 0 Å². The Balaban J connectivity index is 1.60. The molecule has 0 bridgehead atoms. The van der Waals surface area contributed by atoms with Crippen LogP contribution in [0.4, 0.5) is 0 Å². The zero-order chi connectivity index (χ0) is 20.1. The largest absolute Gasteiger partial charge is 0.493 e. The number of hydrogen-bond donors (Lipinski definition) is 2. The summed E-state index contributed by atoms with van der Waals surface area (Å²) in [7, 11) is 3.14. The van der Waals surface area contributed by atoms with E-state index in [4.69, 9.17) is 9.47 Å². The summed E-state index contributed by atoms with van der Waals surface area (Å²) in [6, 6.07) is 15.0. The molecule has 2 aromatic carbocycles. The van der Waals surface area contributed by atoms with Crippen molar-refractivity contribution in [1.82, 2.24) is 10.6 Å². The highest BCUT2D eigenvalue weighted by Crippen LogP contribution is 2.46. The lowest BCUT2D eigenvalue weighted by atomic mass is 10.0. The van der Waals surface area contributed by atoms with E-state index in [1.807, 2.05) is 49.4 Å². The number of benzene rings is 2. The second kappa shape index (κ2) is 8.33. The van der Waals surface area contributed by atoms with E-state index >= 15 is 0 Å². The van der Waals surface area contributed by atoms with Gasteiger partial charge < -0.3 is 20.1 Å². The van der Waals surface area contributed by atoms with E-state index in [2.05, 4.69) is 10.6 Å². The monoisotopic (exact) mass is 382 g/mol. The van der Waals surface area contributed by atoms with Crippen LogP contribution in [-0.4, -0.2) is 26.0 Å². The fourth-order valence-electron chi connectivity index (χ4n) is 3.18. The first-order valence-electron chi connectivity index (χ1n) is 9.35. The summed E-state index contributed by atoms with van der Waals surface area (Å²) >= 11 is 0. The van der Waals surface area contributed by atoms with Crippen LogP contribution in [0, 0.1) is 5.41 Å². The molecule has 1 saturated carbocycles. The zero-order valence-electron chi connectivity index (χ0n) is 16.5. The van der Waals surface area contributed by atoms with Gasteiger partial charge in [0.1, 0.15) is 5.41 Å². The second-order valence-corrected chi connectivity index (χ2v) is 7.06. The third-order valence-corrected chi connectivity index (χ3v) is 5.17. The van der Waals surface area contributed by atoms with E-state index in [0.29, 0.717) is 30.9 Å². The van der Waals surface area contributed by atoms with Crippen molar-refractivity contribution in [3.8, 4) is 11.5 Å². The summed E-state index contributed by atoms with van der Waals surface area (Å²) in [5.41, 5.74) is 0.928. The smallest absolute Gasteiger partial charge is 0.236 e. The van der Waals surface area contributed by atoms with Crippen molar-refractivity contribution in [2.45, 2.75) is 32.4 Å². The van der Waals surface area contributed by atoms with Crippen LogP contribution in [0.15, 0.2) is 48.5 Å². The van der Waals surface area contributed by atoms with Crippen molar-refractivity contribution in [1.29, 1.82) is 0 Å². The summed E-state index contributed by atoms with van der Waals surface area (Å²) in [5.74, 6) is 0.782. The van der Waals surface area contributed by atoms with Crippen LogP contribution in [-0.2, 0) is 16.1 Å². The molecule has 1 fully saturated rings. The van der Waals surface area contributed by atoms with Crippen molar-refractivity contribution < 1.29 is 19.1 Å². The van der Waals surface area contributed by atoms with Crippen LogP contribution in [0.2, 0.25) is 0 Å². The minimum Gasteiger partial charge on any atom is -0.493 e. The molecule has 1 aliphatic rings. The molecule has 1 aliphatic carbocycles. The van der Waals surface area contributed by atoms with Crippen LogP contribution in [0.25, 0.3) is 0 Å². The maximum Gasteiger partial charge on any atom is 0.236 e. The summed E-state index contributed by atoms with van der Waals surface area (Å²) in [6.07, 6.45) is 1.14. The Hall–Kier alpha value is -3.02. The number of carbonyl (C=O) groups is 2. The van der Waals surface area contributed by atoms with Gasteiger partial charge in [0.05, 0.1) is 20.3 Å². The molecule has 2 amide bonds. The summed E-state index contributed by atoms with van der Waals surface area (Å²) in [4.78, 5) is 25.4. The Morgan fingerprint density at radius 1 is 1.00 bits per heavy atom. The summed E-state index contributed by atoms with van der Waals surface area (Å²) in [6.45, 7) is 2.24. The van der Waals surface area contributed by atoms with Gasteiger partial charge in [0.15, 0.2) is 11.5 Å². The number of nitrogens with one attached hydrogen (secondary N) is 2. The highest BCUT2D eigenvalue weighted by atomic mass is 16.5.